The molecule has 1 fully saturated rings. The number of carboxylic acid groups (broad SMARTS) is 1. The van der Waals surface area contributed by atoms with Crippen LogP contribution in [-0.2, 0) is 4.74 Å². The standard InChI is InChI=1S/C13H16FNO3/c1-8-6-15(7-9(2)18-8)11-5-3-4-10(14)12(11)13(16)17/h3-5,8-9H,6-7H2,1-2H3,(H,16,17)/t8-,9+. The van der Waals surface area contributed by atoms with Crippen LogP contribution < -0.4 is 4.90 Å². The zero-order valence-electron chi connectivity index (χ0n) is 10.4. The fourth-order valence-electron chi connectivity index (χ4n) is 2.36. The number of nitrogens with zero attached hydrogens (tertiary/aromatic N) is 1. The van der Waals surface area contributed by atoms with Crippen molar-refractivity contribution in [3.8, 4) is 0 Å². The molecule has 5 heteroatoms. The molecule has 2 rings (SSSR count). The number of aromatic carboxylic acids is 1. The molecule has 18 heavy (non-hydrogen) atoms. The second-order valence-corrected chi connectivity index (χ2v) is 4.60. The Balaban J connectivity index is 2.38. The average molecular weight is 253 g/mol. The number of hydrogen-bond acceptors (Lipinski definition) is 3. The predicted molar refractivity (Wildman–Crippen MR) is 65.6 cm³/mol. The summed E-state index contributed by atoms with van der Waals surface area (Å²) in [4.78, 5) is 13.0. The summed E-state index contributed by atoms with van der Waals surface area (Å²) >= 11 is 0. The van der Waals surface area contributed by atoms with Gasteiger partial charge in [-0.3, -0.25) is 0 Å². The van der Waals surface area contributed by atoms with Crippen molar-refractivity contribution in [3.05, 3.63) is 29.6 Å². The van der Waals surface area contributed by atoms with Gasteiger partial charge in [0.25, 0.3) is 0 Å². The van der Waals surface area contributed by atoms with Crippen LogP contribution in [0, 0.1) is 5.82 Å². The topological polar surface area (TPSA) is 49.8 Å². The van der Waals surface area contributed by atoms with Crippen LogP contribution in [0.3, 0.4) is 0 Å². The largest absolute Gasteiger partial charge is 0.478 e. The average Bonchev–Trinajstić information content (AvgIpc) is 2.26. The number of carboxylic acids is 1. The summed E-state index contributed by atoms with van der Waals surface area (Å²) in [6.07, 6.45) is -0.00248. The molecular formula is C13H16FNO3. The van der Waals surface area contributed by atoms with E-state index in [1.54, 1.807) is 6.07 Å². The summed E-state index contributed by atoms with van der Waals surface area (Å²) in [6.45, 7) is 4.97. The summed E-state index contributed by atoms with van der Waals surface area (Å²) in [5.74, 6) is -1.94. The second kappa shape index (κ2) is 4.94. The SMILES string of the molecule is C[C@@H]1CN(c2cccc(F)c2C(=O)O)C[C@H](C)O1. The van der Waals surface area contributed by atoms with E-state index in [1.807, 2.05) is 18.7 Å². The van der Waals surface area contributed by atoms with Crippen LogP contribution in [0.15, 0.2) is 18.2 Å². The van der Waals surface area contributed by atoms with Crippen molar-refractivity contribution in [2.75, 3.05) is 18.0 Å². The van der Waals surface area contributed by atoms with Crippen LogP contribution in [0.4, 0.5) is 10.1 Å². The van der Waals surface area contributed by atoms with E-state index in [-0.39, 0.29) is 17.8 Å². The number of hydrogen-bond donors (Lipinski definition) is 1. The monoisotopic (exact) mass is 253 g/mol. The first-order valence-electron chi connectivity index (χ1n) is 5.91. The van der Waals surface area contributed by atoms with Gasteiger partial charge in [0.1, 0.15) is 11.4 Å². The Labute approximate surface area is 105 Å². The van der Waals surface area contributed by atoms with Gasteiger partial charge in [-0.25, -0.2) is 9.18 Å². The number of morpholine rings is 1. The summed E-state index contributed by atoms with van der Waals surface area (Å²) in [5, 5.41) is 9.11. The normalized spacial score (nSPS) is 24.1. The Hall–Kier alpha value is -1.62. The van der Waals surface area contributed by atoms with Gasteiger partial charge in [0.2, 0.25) is 0 Å². The molecule has 0 bridgehead atoms. The summed E-state index contributed by atoms with van der Waals surface area (Å²) in [6, 6.07) is 4.33. The predicted octanol–water partition coefficient (Wildman–Crippen LogP) is 2.14. The second-order valence-electron chi connectivity index (χ2n) is 4.60. The highest BCUT2D eigenvalue weighted by atomic mass is 19.1. The third kappa shape index (κ3) is 2.46. The molecule has 1 saturated heterocycles. The fourth-order valence-corrected chi connectivity index (χ4v) is 2.36. The number of benzene rings is 1. The van der Waals surface area contributed by atoms with Crippen LogP contribution in [0.25, 0.3) is 0 Å². The molecule has 1 aliphatic rings. The molecule has 1 aromatic carbocycles. The zero-order chi connectivity index (χ0) is 13.3. The first-order valence-corrected chi connectivity index (χ1v) is 5.91. The van der Waals surface area contributed by atoms with Crippen LogP contribution >= 0.6 is 0 Å². The lowest BCUT2D eigenvalue weighted by atomic mass is 10.1. The van der Waals surface area contributed by atoms with E-state index in [1.165, 1.54) is 12.1 Å². The van der Waals surface area contributed by atoms with E-state index >= 15 is 0 Å². The zero-order valence-corrected chi connectivity index (χ0v) is 10.4. The van der Waals surface area contributed by atoms with Gasteiger partial charge in [-0.15, -0.1) is 0 Å². The van der Waals surface area contributed by atoms with Crippen LogP contribution in [0.5, 0.6) is 0 Å². The number of carbonyl (C=O) groups is 1. The molecule has 4 nitrogen and oxygen atoms in total. The van der Waals surface area contributed by atoms with Gasteiger partial charge in [-0.2, -0.15) is 0 Å². The van der Waals surface area contributed by atoms with Crippen molar-refractivity contribution >= 4 is 11.7 Å². The van der Waals surface area contributed by atoms with Crippen molar-refractivity contribution in [1.82, 2.24) is 0 Å². The van der Waals surface area contributed by atoms with Gasteiger partial charge in [0.05, 0.1) is 17.9 Å². The molecular weight excluding hydrogens is 237 g/mol. The van der Waals surface area contributed by atoms with Gasteiger partial charge in [0.15, 0.2) is 0 Å². The van der Waals surface area contributed by atoms with Gasteiger partial charge < -0.3 is 14.7 Å². The third-order valence-corrected chi connectivity index (χ3v) is 2.97. The number of ether oxygens (including phenoxy) is 1. The first-order chi connectivity index (χ1) is 8.49. The molecule has 0 saturated carbocycles. The Morgan fingerprint density at radius 2 is 2.00 bits per heavy atom. The molecule has 0 amide bonds. The maximum atomic E-state index is 13.6. The molecule has 98 valence electrons. The summed E-state index contributed by atoms with van der Waals surface area (Å²) < 4.78 is 19.2. The van der Waals surface area contributed by atoms with E-state index in [0.29, 0.717) is 18.8 Å². The minimum Gasteiger partial charge on any atom is -0.478 e. The molecule has 0 aliphatic carbocycles. The highest BCUT2D eigenvalue weighted by Gasteiger charge is 2.26. The Bertz CT molecular complexity index is 454. The Morgan fingerprint density at radius 3 is 2.56 bits per heavy atom. The third-order valence-electron chi connectivity index (χ3n) is 2.97. The number of anilines is 1. The lowest BCUT2D eigenvalue weighted by Crippen LogP contribution is -2.46. The van der Waals surface area contributed by atoms with E-state index in [2.05, 4.69) is 0 Å². The summed E-state index contributed by atoms with van der Waals surface area (Å²) in [7, 11) is 0. The molecule has 1 heterocycles. The molecule has 1 aromatic rings. The van der Waals surface area contributed by atoms with Crippen molar-refractivity contribution in [3.63, 3.8) is 0 Å². The maximum Gasteiger partial charge on any atom is 0.340 e. The molecule has 1 aliphatic heterocycles. The highest BCUT2D eigenvalue weighted by molar-refractivity contribution is 5.94. The highest BCUT2D eigenvalue weighted by Crippen LogP contribution is 2.26. The van der Waals surface area contributed by atoms with Crippen molar-refractivity contribution < 1.29 is 19.0 Å². The van der Waals surface area contributed by atoms with Gasteiger partial charge in [-0.05, 0) is 26.0 Å². The van der Waals surface area contributed by atoms with Crippen LogP contribution in [-0.4, -0.2) is 36.4 Å². The molecule has 1 N–H and O–H groups in total. The van der Waals surface area contributed by atoms with E-state index in [0.717, 1.165) is 0 Å². The molecule has 0 spiro atoms. The minimum atomic E-state index is -1.24. The van der Waals surface area contributed by atoms with Crippen molar-refractivity contribution in [2.24, 2.45) is 0 Å². The van der Waals surface area contributed by atoms with Crippen molar-refractivity contribution in [1.29, 1.82) is 0 Å². The van der Waals surface area contributed by atoms with E-state index in [4.69, 9.17) is 9.84 Å². The Kier molecular flexibility index (Phi) is 3.52. The lowest BCUT2D eigenvalue weighted by molar-refractivity contribution is -0.00534. The lowest BCUT2D eigenvalue weighted by Gasteiger charge is -2.37. The molecule has 0 radical (unpaired) electrons. The molecule has 2 atom stereocenters. The number of halogens is 1. The maximum absolute atomic E-state index is 13.6. The number of rotatable bonds is 2. The first kappa shape index (κ1) is 12.8. The van der Waals surface area contributed by atoms with Crippen LogP contribution in [0.2, 0.25) is 0 Å². The van der Waals surface area contributed by atoms with E-state index in [9.17, 15) is 9.18 Å². The smallest absolute Gasteiger partial charge is 0.340 e. The minimum absolute atomic E-state index is 0.00124. The molecule has 0 unspecified atom stereocenters. The van der Waals surface area contributed by atoms with Crippen molar-refractivity contribution in [2.45, 2.75) is 26.1 Å². The van der Waals surface area contributed by atoms with Gasteiger partial charge in [0, 0.05) is 13.1 Å². The van der Waals surface area contributed by atoms with Gasteiger partial charge in [-0.1, -0.05) is 6.07 Å². The van der Waals surface area contributed by atoms with Crippen LogP contribution in [0.1, 0.15) is 24.2 Å². The summed E-state index contributed by atoms with van der Waals surface area (Å²) in [5.41, 5.74) is 0.156. The van der Waals surface area contributed by atoms with Gasteiger partial charge >= 0.3 is 5.97 Å². The fraction of sp³-hybridized carbons (Fsp3) is 0.462. The molecule has 0 aromatic heterocycles. The Morgan fingerprint density at radius 1 is 1.39 bits per heavy atom. The quantitative estimate of drug-likeness (QED) is 0.877. The van der Waals surface area contributed by atoms with E-state index < -0.39 is 11.8 Å².